The van der Waals surface area contributed by atoms with E-state index in [1.807, 2.05) is 0 Å². The maximum Gasteiger partial charge on any atom is 0.286 e. The van der Waals surface area contributed by atoms with Gasteiger partial charge >= 0.3 is 0 Å². The minimum absolute atomic E-state index is 0.119. The van der Waals surface area contributed by atoms with Gasteiger partial charge in [0.25, 0.3) is 12.1 Å². The van der Waals surface area contributed by atoms with Crippen LogP contribution in [-0.4, -0.2) is 9.91 Å². The van der Waals surface area contributed by atoms with Crippen LogP contribution in [0.1, 0.15) is 17.6 Å². The summed E-state index contributed by atoms with van der Waals surface area (Å²) in [4.78, 5) is 13.3. The lowest BCUT2D eigenvalue weighted by Crippen LogP contribution is -2.03. The van der Waals surface area contributed by atoms with Gasteiger partial charge in [0.1, 0.15) is 10.2 Å². The van der Waals surface area contributed by atoms with E-state index >= 15 is 0 Å². The molecule has 84 valence electrons. The third-order valence-corrected chi connectivity index (χ3v) is 2.42. The average molecular weight is 292 g/mol. The van der Waals surface area contributed by atoms with Gasteiger partial charge in [0.2, 0.25) is 0 Å². The van der Waals surface area contributed by atoms with Gasteiger partial charge in [-0.15, -0.1) is 0 Å². The molecule has 0 aliphatic carbocycles. The van der Waals surface area contributed by atoms with Crippen molar-refractivity contribution < 1.29 is 13.7 Å². The molecule has 0 spiro atoms. The second kappa shape index (κ2) is 4.94. The molecule has 8 heteroatoms. The first-order chi connectivity index (χ1) is 7.49. The first-order valence-corrected chi connectivity index (χ1v) is 4.75. The van der Waals surface area contributed by atoms with Gasteiger partial charge in [-0.2, -0.15) is 5.26 Å². The number of nitro groups is 1. The molecule has 5 nitrogen and oxygen atoms in total. The number of rotatable bonds is 3. The highest BCUT2D eigenvalue weighted by atomic mass is 79.9. The van der Waals surface area contributed by atoms with Gasteiger partial charge in [-0.3, -0.25) is 10.1 Å². The second-order valence-corrected chi connectivity index (χ2v) is 3.48. The summed E-state index contributed by atoms with van der Waals surface area (Å²) in [6, 6.07) is 1.66. The van der Waals surface area contributed by atoms with Crippen molar-refractivity contribution in [2.75, 3.05) is 0 Å². The van der Waals surface area contributed by atoms with E-state index < -0.39 is 22.6 Å². The van der Waals surface area contributed by atoms with Crippen LogP contribution in [0.15, 0.2) is 10.8 Å². The van der Waals surface area contributed by atoms with E-state index in [0.717, 1.165) is 6.20 Å². The lowest BCUT2D eigenvalue weighted by molar-refractivity contribution is -0.387. The Hall–Kier alpha value is -1.62. The Bertz CT molecular complexity index is 473. The molecule has 0 aliphatic heterocycles. The molecule has 0 bridgehead atoms. The maximum atomic E-state index is 12.6. The standard InChI is InChI=1S/C8H4BrF2N3O2/c9-7-5(8(10)11)6(14(15)16)4(1-2-12)3-13-7/h3,8H,1H2. The van der Waals surface area contributed by atoms with Crippen LogP contribution in [0.4, 0.5) is 14.5 Å². The average Bonchev–Trinajstić information content (AvgIpc) is 2.19. The summed E-state index contributed by atoms with van der Waals surface area (Å²) < 4.78 is 24.9. The highest BCUT2D eigenvalue weighted by molar-refractivity contribution is 9.10. The van der Waals surface area contributed by atoms with Gasteiger partial charge in [-0.25, -0.2) is 13.8 Å². The van der Waals surface area contributed by atoms with Crippen molar-refractivity contribution in [2.24, 2.45) is 0 Å². The zero-order chi connectivity index (χ0) is 12.3. The summed E-state index contributed by atoms with van der Waals surface area (Å²) in [5.41, 5.74) is -1.66. The van der Waals surface area contributed by atoms with E-state index in [0.29, 0.717) is 0 Å². The van der Waals surface area contributed by atoms with Crippen molar-refractivity contribution in [3.05, 3.63) is 32.0 Å². The first-order valence-electron chi connectivity index (χ1n) is 3.95. The molecule has 0 saturated heterocycles. The predicted molar refractivity (Wildman–Crippen MR) is 52.9 cm³/mol. The molecule has 16 heavy (non-hydrogen) atoms. The molecule has 0 amide bonds. The molecule has 0 atom stereocenters. The molecule has 0 fully saturated rings. The molecular weight excluding hydrogens is 288 g/mol. The van der Waals surface area contributed by atoms with E-state index in [1.54, 1.807) is 6.07 Å². The highest BCUT2D eigenvalue weighted by Crippen LogP contribution is 2.36. The van der Waals surface area contributed by atoms with E-state index in [-0.39, 0.29) is 16.6 Å². The van der Waals surface area contributed by atoms with Crippen LogP contribution in [0.5, 0.6) is 0 Å². The van der Waals surface area contributed by atoms with E-state index in [4.69, 9.17) is 5.26 Å². The van der Waals surface area contributed by atoms with Crippen molar-refractivity contribution in [3.63, 3.8) is 0 Å². The highest BCUT2D eigenvalue weighted by Gasteiger charge is 2.29. The number of hydrogen-bond acceptors (Lipinski definition) is 4. The third-order valence-electron chi connectivity index (χ3n) is 1.79. The van der Waals surface area contributed by atoms with Gasteiger partial charge in [0.15, 0.2) is 0 Å². The summed E-state index contributed by atoms with van der Waals surface area (Å²) in [6.45, 7) is 0. The molecule has 1 aromatic heterocycles. The maximum absolute atomic E-state index is 12.6. The zero-order valence-corrected chi connectivity index (χ0v) is 9.24. The molecule has 1 aromatic rings. The van der Waals surface area contributed by atoms with Gasteiger partial charge in [0, 0.05) is 6.20 Å². The van der Waals surface area contributed by atoms with Crippen LogP contribution < -0.4 is 0 Å². The van der Waals surface area contributed by atoms with Crippen molar-refractivity contribution in [3.8, 4) is 6.07 Å². The van der Waals surface area contributed by atoms with Gasteiger partial charge in [-0.05, 0) is 15.9 Å². The third kappa shape index (κ3) is 2.30. The number of halogens is 3. The number of nitriles is 1. The van der Waals surface area contributed by atoms with E-state index in [9.17, 15) is 18.9 Å². The monoisotopic (exact) mass is 291 g/mol. The van der Waals surface area contributed by atoms with E-state index in [1.165, 1.54) is 0 Å². The smallest absolute Gasteiger partial charge is 0.258 e. The number of hydrogen-bond donors (Lipinski definition) is 0. The lowest BCUT2D eigenvalue weighted by atomic mass is 10.1. The fourth-order valence-corrected chi connectivity index (χ4v) is 1.62. The SMILES string of the molecule is N#CCc1cnc(Br)c(C(F)F)c1[N+](=O)[O-]. The Morgan fingerprint density at radius 2 is 2.31 bits per heavy atom. The summed E-state index contributed by atoms with van der Waals surface area (Å²) in [5.74, 6) is 0. The van der Waals surface area contributed by atoms with Crippen LogP contribution in [0, 0.1) is 21.4 Å². The summed E-state index contributed by atoms with van der Waals surface area (Å²) in [5, 5.41) is 19.1. The Morgan fingerprint density at radius 3 is 2.75 bits per heavy atom. The molecule has 0 aliphatic rings. The molecule has 0 saturated carbocycles. The minimum atomic E-state index is -3.03. The molecule has 1 rings (SSSR count). The van der Waals surface area contributed by atoms with Gasteiger partial charge in [-0.1, -0.05) is 0 Å². The number of pyridine rings is 1. The predicted octanol–water partition coefficient (Wildman–Crippen LogP) is 2.76. The number of alkyl halides is 2. The van der Waals surface area contributed by atoms with Gasteiger partial charge < -0.3 is 0 Å². The molecule has 0 N–H and O–H groups in total. The largest absolute Gasteiger partial charge is 0.286 e. The van der Waals surface area contributed by atoms with Crippen molar-refractivity contribution in [1.82, 2.24) is 4.98 Å². The number of nitrogens with zero attached hydrogens (tertiary/aromatic N) is 3. The van der Waals surface area contributed by atoms with Gasteiger partial charge in [0.05, 0.1) is 23.0 Å². The second-order valence-electron chi connectivity index (χ2n) is 2.73. The molecule has 0 aromatic carbocycles. The lowest BCUT2D eigenvalue weighted by Gasteiger charge is -2.06. The van der Waals surface area contributed by atoms with Crippen LogP contribution in [0.3, 0.4) is 0 Å². The fourth-order valence-electron chi connectivity index (χ4n) is 1.16. The van der Waals surface area contributed by atoms with Crippen LogP contribution in [0.25, 0.3) is 0 Å². The van der Waals surface area contributed by atoms with Crippen LogP contribution in [0.2, 0.25) is 0 Å². The Kier molecular flexibility index (Phi) is 3.84. The molecular formula is C8H4BrF2N3O2. The first kappa shape index (κ1) is 12.4. The Morgan fingerprint density at radius 1 is 1.69 bits per heavy atom. The zero-order valence-electron chi connectivity index (χ0n) is 7.65. The summed E-state index contributed by atoms with van der Waals surface area (Å²) in [7, 11) is 0. The van der Waals surface area contributed by atoms with Crippen molar-refractivity contribution >= 4 is 21.6 Å². The minimum Gasteiger partial charge on any atom is -0.258 e. The number of aromatic nitrogens is 1. The van der Waals surface area contributed by atoms with Crippen LogP contribution in [-0.2, 0) is 6.42 Å². The summed E-state index contributed by atoms with van der Waals surface area (Å²) >= 11 is 2.72. The summed E-state index contributed by atoms with van der Waals surface area (Å²) in [6.07, 6.45) is -2.32. The Balaban J connectivity index is 3.51. The quantitative estimate of drug-likeness (QED) is 0.487. The normalized spacial score (nSPS) is 10.2. The van der Waals surface area contributed by atoms with E-state index in [2.05, 4.69) is 20.9 Å². The topological polar surface area (TPSA) is 79.8 Å². The fraction of sp³-hybridized carbons (Fsp3) is 0.250. The van der Waals surface area contributed by atoms with Crippen molar-refractivity contribution in [2.45, 2.75) is 12.8 Å². The molecule has 0 radical (unpaired) electrons. The van der Waals surface area contributed by atoms with Crippen molar-refractivity contribution in [1.29, 1.82) is 5.26 Å². The Labute approximate surface area is 97.0 Å². The molecule has 1 heterocycles. The van der Waals surface area contributed by atoms with Crippen LogP contribution >= 0.6 is 15.9 Å². The molecule has 0 unspecified atom stereocenters.